The Bertz CT molecular complexity index is 797. The van der Waals surface area contributed by atoms with Crippen molar-refractivity contribution in [3.8, 4) is 5.75 Å². The molecule has 2 amide bonds. The summed E-state index contributed by atoms with van der Waals surface area (Å²) in [5, 5.41) is 1.96. The number of carbonyl (C=O) groups is 2. The van der Waals surface area contributed by atoms with E-state index in [2.05, 4.69) is 0 Å². The van der Waals surface area contributed by atoms with E-state index in [-0.39, 0.29) is 12.0 Å². The van der Waals surface area contributed by atoms with Crippen molar-refractivity contribution >= 4 is 23.3 Å². The van der Waals surface area contributed by atoms with Crippen molar-refractivity contribution in [3.05, 3.63) is 51.7 Å². The molecule has 0 aliphatic carbocycles. The number of nitrogens with zero attached hydrogens (tertiary/aromatic N) is 2. The molecular formula is C20H24N2O4S. The lowest BCUT2D eigenvalue weighted by molar-refractivity contribution is 0.0574. The summed E-state index contributed by atoms with van der Waals surface area (Å²) in [6, 6.07) is 9.76. The zero-order chi connectivity index (χ0) is 19.2. The second-order valence-corrected chi connectivity index (χ2v) is 7.26. The van der Waals surface area contributed by atoms with Crippen LogP contribution in [0.2, 0.25) is 0 Å². The highest BCUT2D eigenvalue weighted by Crippen LogP contribution is 2.22. The Hall–Kier alpha value is -2.54. The first-order valence-corrected chi connectivity index (χ1v) is 9.93. The Balaban J connectivity index is 1.53. The fraction of sp³-hybridized carbons (Fsp3) is 0.400. The van der Waals surface area contributed by atoms with E-state index in [1.54, 1.807) is 16.7 Å². The molecule has 1 aromatic heterocycles. The number of hydrogen-bond acceptors (Lipinski definition) is 5. The van der Waals surface area contributed by atoms with E-state index >= 15 is 0 Å². The maximum absolute atomic E-state index is 12.7. The van der Waals surface area contributed by atoms with Gasteiger partial charge < -0.3 is 19.3 Å². The molecule has 7 heteroatoms. The monoisotopic (exact) mass is 388 g/mol. The summed E-state index contributed by atoms with van der Waals surface area (Å²) >= 11 is 1.43. The van der Waals surface area contributed by atoms with Crippen molar-refractivity contribution < 1.29 is 19.1 Å². The zero-order valence-electron chi connectivity index (χ0n) is 15.6. The minimum Gasteiger partial charge on any atom is -0.489 e. The number of aryl methyl sites for hydroxylation is 1. The van der Waals surface area contributed by atoms with Gasteiger partial charge in [0.25, 0.3) is 5.91 Å². The van der Waals surface area contributed by atoms with Crippen LogP contribution in [0.1, 0.15) is 27.7 Å². The van der Waals surface area contributed by atoms with Gasteiger partial charge in [-0.1, -0.05) is 18.2 Å². The van der Waals surface area contributed by atoms with Gasteiger partial charge in [-0.3, -0.25) is 4.79 Å². The molecule has 27 heavy (non-hydrogen) atoms. The molecule has 2 heterocycles. The standard InChI is InChI=1S/C20H24N2O4S/c1-3-25-20(24)22-10-8-21(9-11-22)19(23)18-12-16(14-27-18)13-26-17-7-5-4-6-15(17)2/h4-7,12,14H,3,8-11,13H2,1-2H3. The van der Waals surface area contributed by atoms with Crippen LogP contribution in [0.4, 0.5) is 4.79 Å². The van der Waals surface area contributed by atoms with Crippen LogP contribution in [-0.2, 0) is 11.3 Å². The SMILES string of the molecule is CCOC(=O)N1CCN(C(=O)c2cc(COc3ccccc3C)cs2)CC1. The van der Waals surface area contributed by atoms with Crippen LogP contribution in [-0.4, -0.2) is 54.6 Å². The molecule has 0 bridgehead atoms. The van der Waals surface area contributed by atoms with Crippen molar-refractivity contribution in [1.29, 1.82) is 0 Å². The first-order chi connectivity index (χ1) is 13.1. The summed E-state index contributed by atoms with van der Waals surface area (Å²) in [7, 11) is 0. The Morgan fingerprint density at radius 1 is 1.11 bits per heavy atom. The van der Waals surface area contributed by atoms with Gasteiger partial charge in [0.1, 0.15) is 12.4 Å². The molecule has 1 saturated heterocycles. The number of piperazine rings is 1. The topological polar surface area (TPSA) is 59.1 Å². The third kappa shape index (κ3) is 4.80. The van der Waals surface area contributed by atoms with Crippen molar-refractivity contribution in [3.63, 3.8) is 0 Å². The second-order valence-electron chi connectivity index (χ2n) is 6.35. The zero-order valence-corrected chi connectivity index (χ0v) is 16.5. The molecule has 0 radical (unpaired) electrons. The second kappa shape index (κ2) is 8.90. The first-order valence-electron chi connectivity index (χ1n) is 9.05. The molecule has 0 saturated carbocycles. The molecule has 6 nitrogen and oxygen atoms in total. The minimum absolute atomic E-state index is 0.00523. The van der Waals surface area contributed by atoms with E-state index in [1.807, 2.05) is 42.6 Å². The van der Waals surface area contributed by atoms with Crippen molar-refractivity contribution in [1.82, 2.24) is 9.80 Å². The van der Waals surface area contributed by atoms with Gasteiger partial charge in [-0.05, 0) is 36.9 Å². The fourth-order valence-corrected chi connectivity index (χ4v) is 3.77. The summed E-state index contributed by atoms with van der Waals surface area (Å²) in [5.41, 5.74) is 2.07. The van der Waals surface area contributed by atoms with Gasteiger partial charge in [0.15, 0.2) is 0 Å². The van der Waals surface area contributed by atoms with Gasteiger partial charge in [0.2, 0.25) is 0 Å². The number of para-hydroxylation sites is 1. The van der Waals surface area contributed by atoms with E-state index in [4.69, 9.17) is 9.47 Å². The molecule has 0 N–H and O–H groups in total. The van der Waals surface area contributed by atoms with E-state index in [0.29, 0.717) is 44.3 Å². The number of benzene rings is 1. The van der Waals surface area contributed by atoms with Crippen LogP contribution in [0.5, 0.6) is 5.75 Å². The normalized spacial score (nSPS) is 14.1. The number of hydrogen-bond donors (Lipinski definition) is 0. The lowest BCUT2D eigenvalue weighted by atomic mass is 10.2. The number of amides is 2. The fourth-order valence-electron chi connectivity index (χ4n) is 2.91. The van der Waals surface area contributed by atoms with Gasteiger partial charge in [-0.15, -0.1) is 11.3 Å². The van der Waals surface area contributed by atoms with Gasteiger partial charge >= 0.3 is 6.09 Å². The first kappa shape index (κ1) is 19.2. The summed E-state index contributed by atoms with van der Waals surface area (Å²) in [4.78, 5) is 28.6. The van der Waals surface area contributed by atoms with Crippen LogP contribution in [0, 0.1) is 6.92 Å². The highest BCUT2D eigenvalue weighted by Gasteiger charge is 2.26. The van der Waals surface area contributed by atoms with Crippen LogP contribution >= 0.6 is 11.3 Å². The van der Waals surface area contributed by atoms with Crippen LogP contribution in [0.15, 0.2) is 35.7 Å². The smallest absolute Gasteiger partial charge is 0.409 e. The Morgan fingerprint density at radius 2 is 1.81 bits per heavy atom. The lowest BCUT2D eigenvalue weighted by Gasteiger charge is -2.33. The van der Waals surface area contributed by atoms with Gasteiger partial charge in [0, 0.05) is 31.7 Å². The lowest BCUT2D eigenvalue weighted by Crippen LogP contribution is -2.50. The summed E-state index contributed by atoms with van der Waals surface area (Å²) in [6.07, 6.45) is -0.309. The molecular weight excluding hydrogens is 364 g/mol. The summed E-state index contributed by atoms with van der Waals surface area (Å²) in [6.45, 7) is 6.63. The highest BCUT2D eigenvalue weighted by molar-refractivity contribution is 7.12. The maximum atomic E-state index is 12.7. The average Bonchev–Trinajstić information content (AvgIpc) is 3.16. The molecule has 1 aliphatic rings. The number of carbonyl (C=O) groups excluding carboxylic acids is 2. The van der Waals surface area contributed by atoms with Crippen molar-refractivity contribution in [2.45, 2.75) is 20.5 Å². The van der Waals surface area contributed by atoms with E-state index < -0.39 is 0 Å². The molecule has 144 valence electrons. The molecule has 1 aromatic carbocycles. The molecule has 3 rings (SSSR count). The van der Waals surface area contributed by atoms with Gasteiger partial charge in [-0.25, -0.2) is 4.79 Å². The molecule has 2 aromatic rings. The van der Waals surface area contributed by atoms with Crippen LogP contribution in [0.25, 0.3) is 0 Å². The van der Waals surface area contributed by atoms with Gasteiger partial charge in [-0.2, -0.15) is 0 Å². The predicted octanol–water partition coefficient (Wildman–Crippen LogP) is 3.55. The summed E-state index contributed by atoms with van der Waals surface area (Å²) < 4.78 is 10.9. The molecule has 1 fully saturated rings. The van der Waals surface area contributed by atoms with Crippen molar-refractivity contribution in [2.24, 2.45) is 0 Å². The third-order valence-corrected chi connectivity index (χ3v) is 5.41. The molecule has 0 spiro atoms. The number of rotatable bonds is 5. The van der Waals surface area contributed by atoms with Crippen LogP contribution < -0.4 is 4.74 Å². The Labute approximate surface area is 163 Å². The predicted molar refractivity (Wildman–Crippen MR) is 104 cm³/mol. The average molecular weight is 388 g/mol. The summed E-state index contributed by atoms with van der Waals surface area (Å²) in [5.74, 6) is 0.859. The van der Waals surface area contributed by atoms with E-state index in [9.17, 15) is 9.59 Å². The minimum atomic E-state index is -0.309. The van der Waals surface area contributed by atoms with Crippen LogP contribution in [0.3, 0.4) is 0 Å². The van der Waals surface area contributed by atoms with E-state index in [0.717, 1.165) is 16.9 Å². The number of thiophene rings is 1. The number of ether oxygens (including phenoxy) is 2. The highest BCUT2D eigenvalue weighted by atomic mass is 32.1. The molecule has 0 atom stereocenters. The maximum Gasteiger partial charge on any atom is 0.409 e. The molecule has 1 aliphatic heterocycles. The Kier molecular flexibility index (Phi) is 6.34. The quantitative estimate of drug-likeness (QED) is 0.786. The largest absolute Gasteiger partial charge is 0.489 e. The van der Waals surface area contributed by atoms with Crippen molar-refractivity contribution in [2.75, 3.05) is 32.8 Å². The van der Waals surface area contributed by atoms with Gasteiger partial charge in [0.05, 0.1) is 11.5 Å². The molecule has 0 unspecified atom stereocenters. The Morgan fingerprint density at radius 3 is 2.52 bits per heavy atom. The van der Waals surface area contributed by atoms with E-state index in [1.165, 1.54) is 11.3 Å². The third-order valence-electron chi connectivity index (χ3n) is 4.45.